The summed E-state index contributed by atoms with van der Waals surface area (Å²) in [5, 5.41) is 13.5. The molecular formula is C18H26N2O4. The van der Waals surface area contributed by atoms with Crippen molar-refractivity contribution in [2.75, 3.05) is 46.0 Å². The van der Waals surface area contributed by atoms with E-state index in [2.05, 4.69) is 10.2 Å². The molecule has 2 aliphatic rings. The highest BCUT2D eigenvalue weighted by Crippen LogP contribution is 2.33. The van der Waals surface area contributed by atoms with E-state index in [-0.39, 0.29) is 18.4 Å². The molecule has 2 heterocycles. The van der Waals surface area contributed by atoms with Crippen molar-refractivity contribution < 1.29 is 19.4 Å². The normalized spacial score (nSPS) is 23.7. The van der Waals surface area contributed by atoms with Gasteiger partial charge in [0, 0.05) is 31.7 Å². The number of carbonyl (C=O) groups is 1. The first-order valence-electron chi connectivity index (χ1n) is 8.57. The molecule has 0 spiro atoms. The minimum Gasteiger partial charge on any atom is -0.493 e. The fraction of sp³-hybridized carbons (Fsp3) is 0.611. The molecule has 1 aromatic carbocycles. The molecule has 3 rings (SSSR count). The number of nitrogens with one attached hydrogen (secondary N) is 1. The molecule has 6 nitrogen and oxygen atoms in total. The van der Waals surface area contributed by atoms with Crippen LogP contribution in [0.2, 0.25) is 0 Å². The van der Waals surface area contributed by atoms with Crippen molar-refractivity contribution in [3.05, 3.63) is 29.8 Å². The number of hydrogen-bond donors (Lipinski definition) is 2. The Kier molecular flexibility index (Phi) is 5.38. The van der Waals surface area contributed by atoms with Crippen LogP contribution >= 0.6 is 0 Å². The van der Waals surface area contributed by atoms with E-state index in [0.29, 0.717) is 32.8 Å². The minimum atomic E-state index is -0.961. The number of para-hydroxylation sites is 1. The van der Waals surface area contributed by atoms with Crippen LogP contribution in [-0.4, -0.2) is 67.5 Å². The van der Waals surface area contributed by atoms with Gasteiger partial charge in [-0.15, -0.1) is 0 Å². The molecular weight excluding hydrogens is 308 g/mol. The van der Waals surface area contributed by atoms with E-state index in [9.17, 15) is 9.90 Å². The number of fused-ring (bicyclic) bond motifs is 1. The highest BCUT2D eigenvalue weighted by atomic mass is 16.5. The first kappa shape index (κ1) is 17.2. The maximum atomic E-state index is 12.6. The summed E-state index contributed by atoms with van der Waals surface area (Å²) in [7, 11) is 0. The molecule has 0 radical (unpaired) electrons. The van der Waals surface area contributed by atoms with E-state index in [1.54, 1.807) is 6.92 Å². The van der Waals surface area contributed by atoms with E-state index in [0.717, 1.165) is 24.4 Å². The molecule has 24 heavy (non-hydrogen) atoms. The number of benzene rings is 1. The number of nitrogens with zero attached hydrogens (tertiary/aromatic N) is 1. The van der Waals surface area contributed by atoms with Gasteiger partial charge in [0.15, 0.2) is 0 Å². The molecule has 132 valence electrons. The van der Waals surface area contributed by atoms with Gasteiger partial charge in [-0.1, -0.05) is 18.2 Å². The van der Waals surface area contributed by atoms with Crippen LogP contribution in [0, 0.1) is 0 Å². The first-order valence-corrected chi connectivity index (χ1v) is 8.57. The van der Waals surface area contributed by atoms with Crippen molar-refractivity contribution in [3.63, 3.8) is 0 Å². The molecule has 0 bridgehead atoms. The quantitative estimate of drug-likeness (QED) is 0.832. The summed E-state index contributed by atoms with van der Waals surface area (Å²) < 4.78 is 10.9. The van der Waals surface area contributed by atoms with Gasteiger partial charge in [0.1, 0.15) is 5.75 Å². The number of ether oxygens (including phenoxy) is 2. The Morgan fingerprint density at radius 3 is 2.88 bits per heavy atom. The van der Waals surface area contributed by atoms with Gasteiger partial charge in [-0.2, -0.15) is 0 Å². The first-order chi connectivity index (χ1) is 11.6. The highest BCUT2D eigenvalue weighted by Gasteiger charge is 2.30. The number of β-amino-alcohol motifs (C(OH)–C–C–N with tert-alkyl or cyclic N) is 1. The maximum Gasteiger partial charge on any atom is 0.227 e. The van der Waals surface area contributed by atoms with Crippen molar-refractivity contribution >= 4 is 5.91 Å². The molecule has 6 heteroatoms. The maximum absolute atomic E-state index is 12.6. The predicted molar refractivity (Wildman–Crippen MR) is 90.2 cm³/mol. The molecule has 0 saturated carbocycles. The van der Waals surface area contributed by atoms with E-state index in [4.69, 9.17) is 9.47 Å². The van der Waals surface area contributed by atoms with Crippen molar-refractivity contribution in [2.45, 2.75) is 24.9 Å². The lowest BCUT2D eigenvalue weighted by Crippen LogP contribution is -2.51. The van der Waals surface area contributed by atoms with Crippen LogP contribution in [0.25, 0.3) is 0 Å². The van der Waals surface area contributed by atoms with Crippen LogP contribution in [0.5, 0.6) is 5.75 Å². The fourth-order valence-corrected chi connectivity index (χ4v) is 3.31. The van der Waals surface area contributed by atoms with Crippen LogP contribution in [0.3, 0.4) is 0 Å². The summed E-state index contributed by atoms with van der Waals surface area (Å²) in [6.07, 6.45) is 0.661. The van der Waals surface area contributed by atoms with Crippen LogP contribution in [-0.2, 0) is 9.53 Å². The van der Waals surface area contributed by atoms with E-state index < -0.39 is 5.60 Å². The van der Waals surface area contributed by atoms with Crippen molar-refractivity contribution in [3.8, 4) is 5.75 Å². The lowest BCUT2D eigenvalue weighted by molar-refractivity contribution is -0.124. The molecule has 1 amide bonds. The summed E-state index contributed by atoms with van der Waals surface area (Å²) >= 11 is 0. The van der Waals surface area contributed by atoms with Crippen LogP contribution in [0.15, 0.2) is 24.3 Å². The monoisotopic (exact) mass is 334 g/mol. The Bertz CT molecular complexity index is 570. The summed E-state index contributed by atoms with van der Waals surface area (Å²) in [6, 6.07) is 7.66. The third kappa shape index (κ3) is 4.26. The number of carbonyl (C=O) groups excluding carboxylic acids is 1. The summed E-state index contributed by atoms with van der Waals surface area (Å²) in [5.74, 6) is 0.520. The predicted octanol–water partition coefficient (Wildman–Crippen LogP) is 0.752. The molecule has 0 aliphatic carbocycles. The van der Waals surface area contributed by atoms with Gasteiger partial charge in [-0.3, -0.25) is 9.69 Å². The molecule has 1 aromatic rings. The number of rotatable bonds is 5. The van der Waals surface area contributed by atoms with Gasteiger partial charge in [0.25, 0.3) is 0 Å². The van der Waals surface area contributed by atoms with E-state index >= 15 is 0 Å². The van der Waals surface area contributed by atoms with Gasteiger partial charge >= 0.3 is 0 Å². The number of aliphatic hydroxyl groups is 1. The second kappa shape index (κ2) is 7.51. The Morgan fingerprint density at radius 2 is 2.08 bits per heavy atom. The van der Waals surface area contributed by atoms with Crippen LogP contribution in [0.1, 0.15) is 24.8 Å². The van der Waals surface area contributed by atoms with Gasteiger partial charge in [-0.25, -0.2) is 0 Å². The third-order valence-electron chi connectivity index (χ3n) is 4.59. The van der Waals surface area contributed by atoms with Crippen molar-refractivity contribution in [1.82, 2.24) is 10.2 Å². The Balaban J connectivity index is 1.55. The summed E-state index contributed by atoms with van der Waals surface area (Å²) in [4.78, 5) is 14.8. The summed E-state index contributed by atoms with van der Waals surface area (Å²) in [5.41, 5.74) is -0.0356. The van der Waals surface area contributed by atoms with Crippen molar-refractivity contribution in [1.29, 1.82) is 0 Å². The fourth-order valence-electron chi connectivity index (χ4n) is 3.31. The lowest BCUT2D eigenvalue weighted by Gasteiger charge is -2.34. The second-order valence-corrected chi connectivity index (χ2v) is 6.83. The Labute approximate surface area is 142 Å². The lowest BCUT2D eigenvalue weighted by atomic mass is 9.92. The van der Waals surface area contributed by atoms with Gasteiger partial charge in [0.2, 0.25) is 5.91 Å². The zero-order chi connectivity index (χ0) is 17.0. The average Bonchev–Trinajstić information content (AvgIpc) is 2.60. The number of amides is 1. The number of morpholine rings is 1. The minimum absolute atomic E-state index is 0.0481. The SMILES string of the molecule is C[C@](O)(CNC(=O)[C@H]1CCOc2ccccc21)CN1CCOCC1. The molecule has 2 aliphatic heterocycles. The van der Waals surface area contributed by atoms with Gasteiger partial charge in [-0.05, 0) is 19.4 Å². The highest BCUT2D eigenvalue weighted by molar-refractivity contribution is 5.84. The van der Waals surface area contributed by atoms with E-state index in [1.807, 2.05) is 24.3 Å². The van der Waals surface area contributed by atoms with Gasteiger partial charge in [0.05, 0.1) is 31.3 Å². The smallest absolute Gasteiger partial charge is 0.227 e. The van der Waals surface area contributed by atoms with Crippen LogP contribution < -0.4 is 10.1 Å². The molecule has 1 fully saturated rings. The molecule has 0 aromatic heterocycles. The third-order valence-corrected chi connectivity index (χ3v) is 4.59. The van der Waals surface area contributed by atoms with Crippen molar-refractivity contribution in [2.24, 2.45) is 0 Å². The Morgan fingerprint density at radius 1 is 1.33 bits per heavy atom. The molecule has 0 unspecified atom stereocenters. The molecule has 1 saturated heterocycles. The molecule has 2 atom stereocenters. The number of hydrogen-bond acceptors (Lipinski definition) is 5. The largest absolute Gasteiger partial charge is 0.493 e. The summed E-state index contributed by atoms with van der Waals surface area (Å²) in [6.45, 7) is 6.10. The molecule has 2 N–H and O–H groups in total. The Hall–Kier alpha value is -1.63. The second-order valence-electron chi connectivity index (χ2n) is 6.83. The van der Waals surface area contributed by atoms with Crippen LogP contribution in [0.4, 0.5) is 0 Å². The average molecular weight is 334 g/mol. The van der Waals surface area contributed by atoms with E-state index in [1.165, 1.54) is 0 Å². The topological polar surface area (TPSA) is 71.0 Å². The standard InChI is InChI=1S/C18H26N2O4/c1-18(22,13-20-7-10-23-11-8-20)12-19-17(21)15-6-9-24-16-5-3-2-4-14(15)16/h2-5,15,22H,6-13H2,1H3,(H,19,21)/t15-,18-/m0/s1. The zero-order valence-electron chi connectivity index (χ0n) is 14.2. The van der Waals surface area contributed by atoms with Gasteiger partial charge < -0.3 is 19.9 Å². The zero-order valence-corrected chi connectivity index (χ0v) is 14.2.